The van der Waals surface area contributed by atoms with Gasteiger partial charge in [0.1, 0.15) is 0 Å². The van der Waals surface area contributed by atoms with Crippen molar-refractivity contribution in [2.45, 2.75) is 25.8 Å². The number of aromatic nitrogens is 2. The Balaban J connectivity index is 1.72. The number of anilines is 1. The van der Waals surface area contributed by atoms with Crippen molar-refractivity contribution >= 4 is 11.9 Å². The number of carbonyl (C=O) groups excluding carboxylic acids is 1. The lowest BCUT2D eigenvalue weighted by atomic mass is 9.94. The zero-order valence-corrected chi connectivity index (χ0v) is 14.4. The fourth-order valence-corrected chi connectivity index (χ4v) is 2.94. The van der Waals surface area contributed by atoms with E-state index in [0.717, 1.165) is 26.1 Å². The topological polar surface area (TPSA) is 73.3 Å². The first kappa shape index (κ1) is 17.4. The van der Waals surface area contributed by atoms with E-state index in [2.05, 4.69) is 27.4 Å². The standard InChI is InChI=1S/C19H23N3O3/c1-2-25-18(23)16-11-20-19(21-12-16)22-17(10-14-8-9-24-13-14)15-6-4-3-5-7-15/h3-7,11-12,14,17H,2,8-10,13H2,1H3,(H,20,21,22). The number of carbonyl (C=O) groups is 1. The Bertz CT molecular complexity index is 670. The SMILES string of the molecule is CCOC(=O)c1cnc(NC(CC2CCOC2)c2ccccc2)nc1. The van der Waals surface area contributed by atoms with Crippen molar-refractivity contribution in [1.29, 1.82) is 0 Å². The monoisotopic (exact) mass is 341 g/mol. The van der Waals surface area contributed by atoms with Gasteiger partial charge in [0.05, 0.1) is 18.2 Å². The van der Waals surface area contributed by atoms with E-state index in [1.165, 1.54) is 18.0 Å². The predicted octanol–water partition coefficient (Wildman–Crippen LogP) is 3.23. The number of ether oxygens (including phenoxy) is 2. The van der Waals surface area contributed by atoms with Crippen molar-refractivity contribution in [1.82, 2.24) is 9.97 Å². The number of benzene rings is 1. The fraction of sp³-hybridized carbons (Fsp3) is 0.421. The van der Waals surface area contributed by atoms with Gasteiger partial charge in [0, 0.05) is 25.6 Å². The Morgan fingerprint density at radius 2 is 2.08 bits per heavy atom. The summed E-state index contributed by atoms with van der Waals surface area (Å²) in [4.78, 5) is 20.2. The van der Waals surface area contributed by atoms with E-state index in [-0.39, 0.29) is 6.04 Å². The van der Waals surface area contributed by atoms with Gasteiger partial charge in [-0.3, -0.25) is 0 Å². The second kappa shape index (κ2) is 8.58. The molecule has 1 aromatic heterocycles. The zero-order chi connectivity index (χ0) is 17.5. The summed E-state index contributed by atoms with van der Waals surface area (Å²) in [6, 6.07) is 10.4. The number of nitrogens with one attached hydrogen (secondary N) is 1. The van der Waals surface area contributed by atoms with Crippen LogP contribution in [-0.4, -0.2) is 35.8 Å². The van der Waals surface area contributed by atoms with Gasteiger partial charge >= 0.3 is 5.97 Å². The minimum absolute atomic E-state index is 0.0985. The summed E-state index contributed by atoms with van der Waals surface area (Å²) in [7, 11) is 0. The molecule has 2 heterocycles. The van der Waals surface area contributed by atoms with Gasteiger partial charge in [-0.05, 0) is 31.2 Å². The maximum atomic E-state index is 11.7. The molecule has 0 spiro atoms. The molecule has 2 atom stereocenters. The van der Waals surface area contributed by atoms with E-state index < -0.39 is 5.97 Å². The molecular formula is C19H23N3O3. The summed E-state index contributed by atoms with van der Waals surface area (Å²) in [5, 5.41) is 3.39. The average molecular weight is 341 g/mol. The van der Waals surface area contributed by atoms with Gasteiger partial charge in [-0.1, -0.05) is 30.3 Å². The molecular weight excluding hydrogens is 318 g/mol. The second-order valence-electron chi connectivity index (χ2n) is 6.09. The van der Waals surface area contributed by atoms with Gasteiger partial charge in [-0.25, -0.2) is 14.8 Å². The highest BCUT2D eigenvalue weighted by Gasteiger charge is 2.22. The van der Waals surface area contributed by atoms with Crippen LogP contribution >= 0.6 is 0 Å². The van der Waals surface area contributed by atoms with E-state index in [9.17, 15) is 4.79 Å². The largest absolute Gasteiger partial charge is 0.462 e. The van der Waals surface area contributed by atoms with Crippen molar-refractivity contribution in [3.8, 4) is 0 Å². The zero-order valence-electron chi connectivity index (χ0n) is 14.4. The maximum Gasteiger partial charge on any atom is 0.341 e. The lowest BCUT2D eigenvalue weighted by molar-refractivity contribution is 0.0525. The summed E-state index contributed by atoms with van der Waals surface area (Å²) in [5.41, 5.74) is 1.54. The van der Waals surface area contributed by atoms with Gasteiger partial charge in [0.25, 0.3) is 0 Å². The third-order valence-corrected chi connectivity index (χ3v) is 4.26. The third-order valence-electron chi connectivity index (χ3n) is 4.26. The predicted molar refractivity (Wildman–Crippen MR) is 94.3 cm³/mol. The first-order valence-electron chi connectivity index (χ1n) is 8.64. The molecule has 6 heteroatoms. The molecule has 132 valence electrons. The quantitative estimate of drug-likeness (QED) is 0.780. The maximum absolute atomic E-state index is 11.7. The number of esters is 1. The van der Waals surface area contributed by atoms with E-state index >= 15 is 0 Å². The Morgan fingerprint density at radius 3 is 2.72 bits per heavy atom. The Labute approximate surface area is 147 Å². The minimum Gasteiger partial charge on any atom is -0.462 e. The van der Waals surface area contributed by atoms with Crippen molar-refractivity contribution in [3.63, 3.8) is 0 Å². The molecule has 1 aliphatic rings. The molecule has 1 aromatic carbocycles. The average Bonchev–Trinajstić information content (AvgIpc) is 3.16. The highest BCUT2D eigenvalue weighted by Crippen LogP contribution is 2.28. The first-order valence-corrected chi connectivity index (χ1v) is 8.64. The van der Waals surface area contributed by atoms with Crippen LogP contribution in [0, 0.1) is 5.92 Å². The molecule has 2 unspecified atom stereocenters. The molecule has 0 bridgehead atoms. The van der Waals surface area contributed by atoms with Crippen LogP contribution in [0.1, 0.15) is 41.7 Å². The van der Waals surface area contributed by atoms with E-state index in [1.54, 1.807) is 6.92 Å². The van der Waals surface area contributed by atoms with Crippen LogP contribution in [0.4, 0.5) is 5.95 Å². The van der Waals surface area contributed by atoms with Gasteiger partial charge in [-0.15, -0.1) is 0 Å². The second-order valence-corrected chi connectivity index (χ2v) is 6.09. The highest BCUT2D eigenvalue weighted by atomic mass is 16.5. The van der Waals surface area contributed by atoms with E-state index in [4.69, 9.17) is 9.47 Å². The van der Waals surface area contributed by atoms with Crippen LogP contribution < -0.4 is 5.32 Å². The molecule has 1 saturated heterocycles. The Hall–Kier alpha value is -2.47. The van der Waals surface area contributed by atoms with Gasteiger partial charge in [0.15, 0.2) is 0 Å². The first-order chi connectivity index (χ1) is 12.3. The van der Waals surface area contributed by atoms with Crippen molar-refractivity contribution in [2.24, 2.45) is 5.92 Å². The van der Waals surface area contributed by atoms with Crippen LogP contribution in [0.2, 0.25) is 0 Å². The van der Waals surface area contributed by atoms with Crippen LogP contribution in [-0.2, 0) is 9.47 Å². The smallest absolute Gasteiger partial charge is 0.341 e. The van der Waals surface area contributed by atoms with Crippen LogP contribution in [0.5, 0.6) is 0 Å². The molecule has 0 saturated carbocycles. The van der Waals surface area contributed by atoms with E-state index in [0.29, 0.717) is 24.0 Å². The normalized spacial score (nSPS) is 17.9. The van der Waals surface area contributed by atoms with Gasteiger partial charge in [0.2, 0.25) is 5.95 Å². The van der Waals surface area contributed by atoms with E-state index in [1.807, 2.05) is 18.2 Å². The number of nitrogens with zero attached hydrogens (tertiary/aromatic N) is 2. The summed E-state index contributed by atoms with van der Waals surface area (Å²) >= 11 is 0. The molecule has 1 fully saturated rings. The molecule has 1 aliphatic heterocycles. The van der Waals surface area contributed by atoms with Crippen LogP contribution in [0.25, 0.3) is 0 Å². The summed E-state index contributed by atoms with van der Waals surface area (Å²) < 4.78 is 10.5. The molecule has 1 N–H and O–H groups in total. The molecule has 3 rings (SSSR count). The summed E-state index contributed by atoms with van der Waals surface area (Å²) in [6.07, 6.45) is 5.02. The fourth-order valence-electron chi connectivity index (χ4n) is 2.94. The molecule has 2 aromatic rings. The van der Waals surface area contributed by atoms with Crippen molar-refractivity contribution in [3.05, 3.63) is 53.9 Å². The minimum atomic E-state index is -0.406. The van der Waals surface area contributed by atoms with Crippen LogP contribution in [0.15, 0.2) is 42.7 Å². The highest BCUT2D eigenvalue weighted by molar-refractivity contribution is 5.88. The summed E-state index contributed by atoms with van der Waals surface area (Å²) in [6.45, 7) is 3.73. The number of hydrogen-bond donors (Lipinski definition) is 1. The molecule has 0 amide bonds. The van der Waals surface area contributed by atoms with Crippen molar-refractivity contribution < 1.29 is 14.3 Å². The molecule has 0 radical (unpaired) electrons. The Kier molecular flexibility index (Phi) is 5.95. The van der Waals surface area contributed by atoms with Gasteiger partial charge in [-0.2, -0.15) is 0 Å². The van der Waals surface area contributed by atoms with Gasteiger partial charge < -0.3 is 14.8 Å². The molecule has 0 aliphatic carbocycles. The molecule has 6 nitrogen and oxygen atoms in total. The van der Waals surface area contributed by atoms with Crippen molar-refractivity contribution in [2.75, 3.05) is 25.1 Å². The summed E-state index contributed by atoms with van der Waals surface area (Å²) in [5.74, 6) is 0.620. The molecule has 25 heavy (non-hydrogen) atoms. The van der Waals surface area contributed by atoms with Crippen LogP contribution in [0.3, 0.4) is 0 Å². The lowest BCUT2D eigenvalue weighted by Gasteiger charge is -2.22. The third kappa shape index (κ3) is 4.76. The Morgan fingerprint density at radius 1 is 1.32 bits per heavy atom. The number of rotatable bonds is 7. The lowest BCUT2D eigenvalue weighted by Crippen LogP contribution is -2.17. The number of hydrogen-bond acceptors (Lipinski definition) is 6.